The second-order valence-corrected chi connectivity index (χ2v) is 6.43. The van der Waals surface area contributed by atoms with Crippen molar-refractivity contribution >= 4 is 64.4 Å². The van der Waals surface area contributed by atoms with Crippen LogP contribution in [0.1, 0.15) is 5.56 Å². The molecular formula is C16H14Cl2N2O5S. The van der Waals surface area contributed by atoms with E-state index in [1.807, 2.05) is 0 Å². The first-order valence-electron chi connectivity index (χ1n) is 7.17. The zero-order valence-corrected chi connectivity index (χ0v) is 16.4. The molecule has 0 radical (unpaired) electrons. The van der Waals surface area contributed by atoms with Gasteiger partial charge < -0.3 is 9.47 Å². The fraction of sp³-hybridized carbons (Fsp3) is 0.250. The molecule has 26 heavy (non-hydrogen) atoms. The van der Waals surface area contributed by atoms with Gasteiger partial charge in [0.1, 0.15) is 5.57 Å². The van der Waals surface area contributed by atoms with Crippen LogP contribution in [0.5, 0.6) is 5.75 Å². The minimum absolute atomic E-state index is 0.0843. The van der Waals surface area contributed by atoms with E-state index < -0.39 is 17.8 Å². The van der Waals surface area contributed by atoms with Crippen LogP contribution < -0.4 is 4.74 Å². The Morgan fingerprint density at radius 2 is 1.65 bits per heavy atom. The maximum absolute atomic E-state index is 12.3. The molecule has 0 aliphatic carbocycles. The highest BCUT2D eigenvalue weighted by Gasteiger charge is 2.35. The maximum atomic E-state index is 12.3. The van der Waals surface area contributed by atoms with Crippen LogP contribution in [0.25, 0.3) is 6.08 Å². The van der Waals surface area contributed by atoms with Gasteiger partial charge in [-0.05, 0) is 36.0 Å². The van der Waals surface area contributed by atoms with Gasteiger partial charge in [0.25, 0.3) is 11.8 Å². The first kappa shape index (κ1) is 20.2. The Morgan fingerprint density at radius 3 is 2.12 bits per heavy atom. The molecule has 7 nitrogen and oxygen atoms in total. The molecule has 0 N–H and O–H groups in total. The lowest BCUT2D eigenvalue weighted by atomic mass is 10.1. The molecule has 2 amide bonds. The SMILES string of the molecule is COC(=O)COc1c(Cl)cc(C=C2C(=O)N(C)C(=S)N(C)C2=O)cc1Cl. The Hall–Kier alpha value is -2.16. The van der Waals surface area contributed by atoms with E-state index in [0.29, 0.717) is 5.56 Å². The molecule has 1 aliphatic heterocycles. The second kappa shape index (κ2) is 8.03. The Balaban J connectivity index is 2.36. The molecule has 1 aliphatic rings. The standard InChI is InChI=1S/C16H14Cl2N2O5S/c1-19-14(22)9(15(23)20(2)16(19)26)4-8-5-10(17)13(11(18)6-8)25-7-12(21)24-3/h4-6H,7H2,1-3H3. The van der Waals surface area contributed by atoms with Crippen LogP contribution in [0.2, 0.25) is 10.0 Å². The van der Waals surface area contributed by atoms with E-state index in [4.69, 9.17) is 40.2 Å². The number of carbonyl (C=O) groups excluding carboxylic acids is 3. The lowest BCUT2D eigenvalue weighted by molar-refractivity contribution is -0.143. The van der Waals surface area contributed by atoms with Crippen LogP contribution in [0.15, 0.2) is 17.7 Å². The zero-order chi connectivity index (χ0) is 19.6. The Kier molecular flexibility index (Phi) is 6.22. The molecule has 1 heterocycles. The van der Waals surface area contributed by atoms with Crippen LogP contribution >= 0.6 is 35.4 Å². The molecule has 1 saturated heterocycles. The second-order valence-electron chi connectivity index (χ2n) is 5.25. The largest absolute Gasteiger partial charge is 0.479 e. The summed E-state index contributed by atoms with van der Waals surface area (Å²) in [6.45, 7) is -0.361. The number of thiocarbonyl (C=S) groups is 1. The summed E-state index contributed by atoms with van der Waals surface area (Å²) in [7, 11) is 4.18. The van der Waals surface area contributed by atoms with Gasteiger partial charge in [0.2, 0.25) is 0 Å². The fourth-order valence-corrected chi connectivity index (χ4v) is 2.91. The van der Waals surface area contributed by atoms with Crippen molar-refractivity contribution < 1.29 is 23.9 Å². The van der Waals surface area contributed by atoms with Gasteiger partial charge in [0, 0.05) is 14.1 Å². The number of benzene rings is 1. The van der Waals surface area contributed by atoms with Gasteiger partial charge in [-0.15, -0.1) is 0 Å². The van der Waals surface area contributed by atoms with Crippen molar-refractivity contribution in [2.24, 2.45) is 0 Å². The van der Waals surface area contributed by atoms with E-state index in [2.05, 4.69) is 4.74 Å². The molecule has 0 aromatic heterocycles. The van der Waals surface area contributed by atoms with Crippen molar-refractivity contribution in [3.05, 3.63) is 33.3 Å². The third-order valence-electron chi connectivity index (χ3n) is 3.54. The molecule has 0 bridgehead atoms. The Bertz CT molecular complexity index is 791. The van der Waals surface area contributed by atoms with E-state index in [0.717, 1.165) is 0 Å². The molecule has 0 saturated carbocycles. The minimum Gasteiger partial charge on any atom is -0.479 e. The van der Waals surface area contributed by atoms with Gasteiger partial charge in [-0.25, -0.2) is 4.79 Å². The van der Waals surface area contributed by atoms with E-state index in [9.17, 15) is 14.4 Å². The van der Waals surface area contributed by atoms with E-state index >= 15 is 0 Å². The number of nitrogens with zero attached hydrogens (tertiary/aromatic N) is 2. The number of rotatable bonds is 4. The molecular weight excluding hydrogens is 403 g/mol. The first-order valence-corrected chi connectivity index (χ1v) is 8.34. The van der Waals surface area contributed by atoms with Crippen LogP contribution in [0, 0.1) is 0 Å². The lowest BCUT2D eigenvalue weighted by Gasteiger charge is -2.31. The number of carbonyl (C=O) groups is 3. The van der Waals surface area contributed by atoms with Gasteiger partial charge >= 0.3 is 5.97 Å². The maximum Gasteiger partial charge on any atom is 0.343 e. The minimum atomic E-state index is -0.594. The molecule has 1 aromatic carbocycles. The van der Waals surface area contributed by atoms with E-state index in [-0.39, 0.29) is 33.1 Å². The predicted octanol–water partition coefficient (Wildman–Crippen LogP) is 2.14. The van der Waals surface area contributed by atoms with Crippen molar-refractivity contribution in [2.45, 2.75) is 0 Å². The van der Waals surface area contributed by atoms with Crippen molar-refractivity contribution in [3.63, 3.8) is 0 Å². The lowest BCUT2D eigenvalue weighted by Crippen LogP contribution is -2.52. The van der Waals surface area contributed by atoms with Crippen LogP contribution in [-0.2, 0) is 19.1 Å². The summed E-state index contributed by atoms with van der Waals surface area (Å²) in [5.74, 6) is -1.56. The van der Waals surface area contributed by atoms with E-state index in [1.165, 1.54) is 49.2 Å². The molecule has 1 fully saturated rings. The van der Waals surface area contributed by atoms with Crippen molar-refractivity contribution in [2.75, 3.05) is 27.8 Å². The monoisotopic (exact) mass is 416 g/mol. The van der Waals surface area contributed by atoms with Crippen LogP contribution in [0.3, 0.4) is 0 Å². The summed E-state index contributed by atoms with van der Waals surface area (Å²) in [6.07, 6.45) is 1.36. The van der Waals surface area contributed by atoms with Crippen molar-refractivity contribution in [3.8, 4) is 5.75 Å². The highest BCUT2D eigenvalue weighted by molar-refractivity contribution is 7.80. The number of methoxy groups -OCH3 is 1. The number of likely N-dealkylation sites (N-methyl/N-ethyl adjacent to an activating group) is 2. The topological polar surface area (TPSA) is 76.2 Å². The number of halogens is 2. The van der Waals surface area contributed by atoms with Gasteiger partial charge in [0.05, 0.1) is 17.2 Å². The number of hydrogen-bond acceptors (Lipinski definition) is 6. The van der Waals surface area contributed by atoms with Gasteiger partial charge in [0.15, 0.2) is 17.5 Å². The highest BCUT2D eigenvalue weighted by atomic mass is 35.5. The third kappa shape index (κ3) is 3.98. The van der Waals surface area contributed by atoms with E-state index in [1.54, 1.807) is 0 Å². The fourth-order valence-electron chi connectivity index (χ4n) is 2.13. The van der Waals surface area contributed by atoms with Crippen molar-refractivity contribution in [1.29, 1.82) is 0 Å². The molecule has 0 spiro atoms. The summed E-state index contributed by atoms with van der Waals surface area (Å²) in [6, 6.07) is 2.92. The summed E-state index contributed by atoms with van der Waals surface area (Å²) < 4.78 is 9.70. The number of hydrogen-bond donors (Lipinski definition) is 0. The molecule has 138 valence electrons. The quantitative estimate of drug-likeness (QED) is 0.324. The van der Waals surface area contributed by atoms with Crippen LogP contribution in [-0.4, -0.2) is 60.5 Å². The Morgan fingerprint density at radius 1 is 1.15 bits per heavy atom. The molecule has 1 aromatic rings. The third-order valence-corrected chi connectivity index (χ3v) is 4.65. The first-order chi connectivity index (χ1) is 12.2. The smallest absolute Gasteiger partial charge is 0.343 e. The van der Waals surface area contributed by atoms with Crippen LogP contribution in [0.4, 0.5) is 0 Å². The summed E-state index contributed by atoms with van der Waals surface area (Å²) in [4.78, 5) is 38.2. The molecule has 2 rings (SSSR count). The average molecular weight is 417 g/mol. The van der Waals surface area contributed by atoms with Gasteiger partial charge in [-0.1, -0.05) is 23.2 Å². The molecule has 0 atom stereocenters. The van der Waals surface area contributed by atoms with Gasteiger partial charge in [-0.2, -0.15) is 0 Å². The normalized spacial score (nSPS) is 14.7. The van der Waals surface area contributed by atoms with Gasteiger partial charge in [-0.3, -0.25) is 19.4 Å². The Labute approximate surface area is 165 Å². The summed E-state index contributed by atoms with van der Waals surface area (Å²) >= 11 is 17.3. The molecule has 10 heteroatoms. The number of amides is 2. The molecule has 0 unspecified atom stereocenters. The summed E-state index contributed by atoms with van der Waals surface area (Å²) in [5, 5.41) is 0.335. The predicted molar refractivity (Wildman–Crippen MR) is 100 cm³/mol. The number of ether oxygens (including phenoxy) is 2. The highest BCUT2D eigenvalue weighted by Crippen LogP contribution is 2.35. The van der Waals surface area contributed by atoms with Crippen molar-refractivity contribution in [1.82, 2.24) is 9.80 Å². The average Bonchev–Trinajstić information content (AvgIpc) is 2.61. The number of esters is 1. The summed E-state index contributed by atoms with van der Waals surface area (Å²) in [5.41, 5.74) is 0.329. The zero-order valence-electron chi connectivity index (χ0n) is 14.0.